The number of urea groups is 1. The molecule has 0 saturated heterocycles. The monoisotopic (exact) mass is 446 g/mol. The topological polar surface area (TPSA) is 103 Å². The zero-order valence-electron chi connectivity index (χ0n) is 18.1. The minimum Gasteiger partial charge on any atom is -0.497 e. The largest absolute Gasteiger partial charge is 0.497 e. The second kappa shape index (κ2) is 9.73. The number of nitrogens with zero attached hydrogens (tertiary/aromatic N) is 2. The van der Waals surface area contributed by atoms with Crippen molar-refractivity contribution in [1.82, 2.24) is 9.38 Å². The number of hydrogen-bond acceptors (Lipinski definition) is 6. The average Bonchev–Trinajstić information content (AvgIpc) is 2.83. The quantitative estimate of drug-likeness (QED) is 0.446. The van der Waals surface area contributed by atoms with Crippen LogP contribution in [0, 0.1) is 0 Å². The van der Waals surface area contributed by atoms with Crippen molar-refractivity contribution in [2.45, 2.75) is 6.61 Å². The molecule has 9 nitrogen and oxygen atoms in total. The maximum Gasteiger partial charge on any atom is 0.323 e. The number of fused-ring (bicyclic) bond motifs is 1. The highest BCUT2D eigenvalue weighted by Gasteiger charge is 2.10. The number of carbonyl (C=O) groups excluding carboxylic acids is 1. The van der Waals surface area contributed by atoms with Crippen LogP contribution in [0.2, 0.25) is 0 Å². The molecule has 2 aromatic heterocycles. The van der Waals surface area contributed by atoms with Gasteiger partial charge in [0.25, 0.3) is 5.56 Å². The molecule has 0 fully saturated rings. The molecule has 0 saturated carbocycles. The van der Waals surface area contributed by atoms with Crippen molar-refractivity contribution in [3.05, 3.63) is 89.0 Å². The molecule has 0 atom stereocenters. The number of methoxy groups -OCH3 is 2. The molecule has 2 amide bonds. The van der Waals surface area contributed by atoms with Gasteiger partial charge in [-0.1, -0.05) is 6.07 Å². The fourth-order valence-corrected chi connectivity index (χ4v) is 3.17. The fourth-order valence-electron chi connectivity index (χ4n) is 3.17. The van der Waals surface area contributed by atoms with Crippen LogP contribution in [0.5, 0.6) is 17.2 Å². The molecule has 0 unspecified atom stereocenters. The summed E-state index contributed by atoms with van der Waals surface area (Å²) in [5.41, 5.74) is 1.97. The van der Waals surface area contributed by atoms with Gasteiger partial charge in [0, 0.05) is 24.0 Å². The molecular weight excluding hydrogens is 424 g/mol. The molecular formula is C24H22N4O5. The van der Waals surface area contributed by atoms with E-state index in [2.05, 4.69) is 15.6 Å². The number of anilines is 2. The van der Waals surface area contributed by atoms with Gasteiger partial charge in [0.05, 0.1) is 25.6 Å². The summed E-state index contributed by atoms with van der Waals surface area (Å²) in [5, 5.41) is 5.49. The SMILES string of the molecule is COc1ccc(OC)c(NC(=O)Nc2ccc(OCc3cc(=O)n4ccccc4n3)cc2)c1. The number of nitrogens with one attached hydrogen (secondary N) is 2. The fraction of sp³-hybridized carbons (Fsp3) is 0.125. The van der Waals surface area contributed by atoms with Gasteiger partial charge in [-0.05, 0) is 48.5 Å². The van der Waals surface area contributed by atoms with Crippen molar-refractivity contribution in [2.24, 2.45) is 0 Å². The minimum atomic E-state index is -0.434. The summed E-state index contributed by atoms with van der Waals surface area (Å²) in [4.78, 5) is 29.0. The zero-order chi connectivity index (χ0) is 23.2. The van der Waals surface area contributed by atoms with Crippen LogP contribution in [-0.4, -0.2) is 29.6 Å². The summed E-state index contributed by atoms with van der Waals surface area (Å²) in [6.45, 7) is 0.142. The Bertz CT molecular complexity index is 1340. The van der Waals surface area contributed by atoms with E-state index in [1.54, 1.807) is 67.9 Å². The summed E-state index contributed by atoms with van der Waals surface area (Å²) in [5.74, 6) is 1.68. The lowest BCUT2D eigenvalue weighted by atomic mass is 10.2. The van der Waals surface area contributed by atoms with Gasteiger partial charge in [-0.15, -0.1) is 0 Å². The lowest BCUT2D eigenvalue weighted by Crippen LogP contribution is -2.19. The lowest BCUT2D eigenvalue weighted by Gasteiger charge is -2.13. The molecule has 0 aliphatic heterocycles. The highest BCUT2D eigenvalue weighted by Crippen LogP contribution is 2.29. The van der Waals surface area contributed by atoms with Crippen LogP contribution in [0.3, 0.4) is 0 Å². The van der Waals surface area contributed by atoms with E-state index in [0.29, 0.717) is 40.0 Å². The van der Waals surface area contributed by atoms with Crippen molar-refractivity contribution in [3.63, 3.8) is 0 Å². The molecule has 2 heterocycles. The Morgan fingerprint density at radius 1 is 0.939 bits per heavy atom. The Balaban J connectivity index is 1.37. The molecule has 33 heavy (non-hydrogen) atoms. The first-order chi connectivity index (χ1) is 16.1. The van der Waals surface area contributed by atoms with Crippen LogP contribution in [0.25, 0.3) is 5.65 Å². The highest BCUT2D eigenvalue weighted by molar-refractivity contribution is 6.00. The van der Waals surface area contributed by atoms with E-state index in [4.69, 9.17) is 14.2 Å². The van der Waals surface area contributed by atoms with Gasteiger partial charge in [-0.25, -0.2) is 9.78 Å². The molecule has 0 spiro atoms. The third-order valence-electron chi connectivity index (χ3n) is 4.78. The van der Waals surface area contributed by atoms with E-state index in [1.807, 2.05) is 6.07 Å². The van der Waals surface area contributed by atoms with E-state index in [-0.39, 0.29) is 12.2 Å². The first-order valence-electron chi connectivity index (χ1n) is 10.1. The van der Waals surface area contributed by atoms with Crippen molar-refractivity contribution in [1.29, 1.82) is 0 Å². The number of carbonyl (C=O) groups is 1. The smallest absolute Gasteiger partial charge is 0.323 e. The van der Waals surface area contributed by atoms with Crippen molar-refractivity contribution >= 4 is 23.1 Å². The van der Waals surface area contributed by atoms with Gasteiger partial charge >= 0.3 is 6.03 Å². The van der Waals surface area contributed by atoms with E-state index >= 15 is 0 Å². The van der Waals surface area contributed by atoms with Crippen LogP contribution >= 0.6 is 0 Å². The van der Waals surface area contributed by atoms with Crippen molar-refractivity contribution in [2.75, 3.05) is 24.9 Å². The molecule has 0 radical (unpaired) electrons. The molecule has 4 aromatic rings. The molecule has 4 rings (SSSR count). The Kier molecular flexibility index (Phi) is 6.40. The normalized spacial score (nSPS) is 10.5. The second-order valence-corrected chi connectivity index (χ2v) is 6.97. The number of benzene rings is 2. The standard InChI is InChI=1S/C24H22N4O5/c1-31-19-10-11-21(32-2)20(14-19)27-24(30)26-16-6-8-18(9-7-16)33-15-17-13-23(29)28-12-4-3-5-22(28)25-17/h3-14H,15H2,1-2H3,(H2,26,27,30). The predicted molar refractivity (Wildman–Crippen MR) is 124 cm³/mol. The Labute approximate surface area is 189 Å². The number of hydrogen-bond donors (Lipinski definition) is 2. The van der Waals surface area contributed by atoms with Gasteiger partial charge in [-0.3, -0.25) is 9.20 Å². The summed E-state index contributed by atoms with van der Waals surface area (Å²) in [6, 6.07) is 18.3. The Morgan fingerprint density at radius 3 is 2.48 bits per heavy atom. The molecule has 0 aliphatic carbocycles. The Hall–Kier alpha value is -4.53. The summed E-state index contributed by atoms with van der Waals surface area (Å²) < 4.78 is 17.7. The summed E-state index contributed by atoms with van der Waals surface area (Å²) in [7, 11) is 3.07. The summed E-state index contributed by atoms with van der Waals surface area (Å²) >= 11 is 0. The molecule has 168 valence electrons. The maximum absolute atomic E-state index is 12.4. The zero-order valence-corrected chi connectivity index (χ0v) is 18.1. The van der Waals surface area contributed by atoms with E-state index in [9.17, 15) is 9.59 Å². The minimum absolute atomic E-state index is 0.142. The van der Waals surface area contributed by atoms with Crippen LogP contribution in [0.4, 0.5) is 16.2 Å². The lowest BCUT2D eigenvalue weighted by molar-refractivity contribution is 0.262. The predicted octanol–water partition coefficient (Wildman–Crippen LogP) is 3.93. The number of rotatable bonds is 7. The van der Waals surface area contributed by atoms with Crippen LogP contribution < -0.4 is 30.4 Å². The van der Waals surface area contributed by atoms with Crippen LogP contribution in [0.1, 0.15) is 5.69 Å². The summed E-state index contributed by atoms with van der Waals surface area (Å²) in [6.07, 6.45) is 1.67. The molecule has 9 heteroatoms. The first kappa shape index (κ1) is 21.7. The first-order valence-corrected chi connectivity index (χ1v) is 10.1. The average molecular weight is 446 g/mol. The molecule has 2 N–H and O–H groups in total. The maximum atomic E-state index is 12.4. The van der Waals surface area contributed by atoms with Gasteiger partial charge in [0.2, 0.25) is 0 Å². The van der Waals surface area contributed by atoms with Crippen LogP contribution in [-0.2, 0) is 6.61 Å². The van der Waals surface area contributed by atoms with Gasteiger partial charge in [0.15, 0.2) is 0 Å². The van der Waals surface area contributed by atoms with E-state index < -0.39 is 6.03 Å². The van der Waals surface area contributed by atoms with Gasteiger partial charge in [-0.2, -0.15) is 0 Å². The van der Waals surface area contributed by atoms with Gasteiger partial charge in [0.1, 0.15) is 29.5 Å². The van der Waals surface area contributed by atoms with Crippen LogP contribution in [0.15, 0.2) is 77.7 Å². The molecule has 0 bridgehead atoms. The second-order valence-electron chi connectivity index (χ2n) is 6.97. The third-order valence-corrected chi connectivity index (χ3v) is 4.78. The van der Waals surface area contributed by atoms with E-state index in [1.165, 1.54) is 17.6 Å². The van der Waals surface area contributed by atoms with Crippen molar-refractivity contribution in [3.8, 4) is 17.2 Å². The van der Waals surface area contributed by atoms with E-state index in [0.717, 1.165) is 0 Å². The van der Waals surface area contributed by atoms with Crippen molar-refractivity contribution < 1.29 is 19.0 Å². The van der Waals surface area contributed by atoms with Gasteiger partial charge < -0.3 is 24.8 Å². The molecule has 2 aromatic carbocycles. The highest BCUT2D eigenvalue weighted by atomic mass is 16.5. The number of aromatic nitrogens is 2. The Morgan fingerprint density at radius 2 is 1.73 bits per heavy atom. The number of ether oxygens (including phenoxy) is 3. The third kappa shape index (κ3) is 5.21. The number of amides is 2. The number of pyridine rings is 1. The molecule has 0 aliphatic rings.